The fourth-order valence-corrected chi connectivity index (χ4v) is 2.76. The highest BCUT2D eigenvalue weighted by Gasteiger charge is 2.29. The summed E-state index contributed by atoms with van der Waals surface area (Å²) in [5, 5.41) is 0. The Kier molecular flexibility index (Phi) is 5.05. The fraction of sp³-hybridized carbons (Fsp3) is 0.0909. The molecular formula is C22H19NO2. The first kappa shape index (κ1) is 16.7. The van der Waals surface area contributed by atoms with Crippen LogP contribution in [0.5, 0.6) is 0 Å². The van der Waals surface area contributed by atoms with Crippen LogP contribution in [0, 0.1) is 0 Å². The summed E-state index contributed by atoms with van der Waals surface area (Å²) < 4.78 is 0. The highest BCUT2D eigenvalue weighted by Crippen LogP contribution is 2.24. The molecule has 3 rings (SSSR count). The number of carbonyl (C=O) groups excluding carboxylic acids is 2. The fourth-order valence-electron chi connectivity index (χ4n) is 2.76. The summed E-state index contributed by atoms with van der Waals surface area (Å²) >= 11 is 0. The molecule has 0 heterocycles. The zero-order chi connectivity index (χ0) is 17.6. The van der Waals surface area contributed by atoms with Gasteiger partial charge in [-0.05, 0) is 36.8 Å². The van der Waals surface area contributed by atoms with E-state index in [0.717, 1.165) is 5.56 Å². The summed E-state index contributed by atoms with van der Waals surface area (Å²) in [6.07, 6.45) is 0. The summed E-state index contributed by atoms with van der Waals surface area (Å²) in [6, 6.07) is 27.0. The van der Waals surface area contributed by atoms with Gasteiger partial charge in [-0.1, -0.05) is 66.7 Å². The lowest BCUT2D eigenvalue weighted by Crippen LogP contribution is -2.39. The maximum Gasteiger partial charge on any atom is 0.261 e. The summed E-state index contributed by atoms with van der Waals surface area (Å²) in [5.41, 5.74) is 1.90. The Morgan fingerprint density at radius 1 is 0.640 bits per heavy atom. The molecule has 3 nitrogen and oxygen atoms in total. The van der Waals surface area contributed by atoms with E-state index in [2.05, 4.69) is 0 Å². The van der Waals surface area contributed by atoms with Crippen molar-refractivity contribution in [1.82, 2.24) is 4.90 Å². The van der Waals surface area contributed by atoms with E-state index in [1.54, 1.807) is 48.5 Å². The van der Waals surface area contributed by atoms with Gasteiger partial charge in [0.2, 0.25) is 0 Å². The van der Waals surface area contributed by atoms with Crippen LogP contribution in [0.15, 0.2) is 91.0 Å². The lowest BCUT2D eigenvalue weighted by Gasteiger charge is -2.28. The van der Waals surface area contributed by atoms with Crippen molar-refractivity contribution < 1.29 is 9.59 Å². The second kappa shape index (κ2) is 7.58. The van der Waals surface area contributed by atoms with Crippen LogP contribution in [-0.4, -0.2) is 16.7 Å². The zero-order valence-electron chi connectivity index (χ0n) is 14.0. The largest absolute Gasteiger partial charge is 0.269 e. The molecule has 0 unspecified atom stereocenters. The molecule has 3 aromatic carbocycles. The van der Waals surface area contributed by atoms with E-state index < -0.39 is 0 Å². The van der Waals surface area contributed by atoms with E-state index in [1.807, 2.05) is 49.4 Å². The van der Waals surface area contributed by atoms with Crippen LogP contribution in [0.1, 0.15) is 39.2 Å². The van der Waals surface area contributed by atoms with Gasteiger partial charge in [-0.2, -0.15) is 0 Å². The number of nitrogens with zero attached hydrogens (tertiary/aromatic N) is 1. The summed E-state index contributed by atoms with van der Waals surface area (Å²) in [5.74, 6) is -0.600. The summed E-state index contributed by atoms with van der Waals surface area (Å²) in [7, 11) is 0. The smallest absolute Gasteiger partial charge is 0.261 e. The van der Waals surface area contributed by atoms with Gasteiger partial charge in [-0.15, -0.1) is 0 Å². The molecule has 0 aliphatic heterocycles. The van der Waals surface area contributed by atoms with E-state index in [9.17, 15) is 9.59 Å². The quantitative estimate of drug-likeness (QED) is 0.649. The predicted octanol–water partition coefficient (Wildman–Crippen LogP) is 4.73. The van der Waals surface area contributed by atoms with Crippen molar-refractivity contribution in [2.24, 2.45) is 0 Å². The Morgan fingerprint density at radius 3 is 1.40 bits per heavy atom. The Morgan fingerprint density at radius 2 is 1.00 bits per heavy atom. The van der Waals surface area contributed by atoms with Crippen molar-refractivity contribution in [3.05, 3.63) is 108 Å². The van der Waals surface area contributed by atoms with Crippen LogP contribution >= 0.6 is 0 Å². The van der Waals surface area contributed by atoms with Crippen molar-refractivity contribution in [2.45, 2.75) is 13.0 Å². The lowest BCUT2D eigenvalue weighted by molar-refractivity contribution is 0.0555. The molecule has 0 saturated carbocycles. The average Bonchev–Trinajstić information content (AvgIpc) is 2.70. The normalized spacial score (nSPS) is 11.6. The minimum atomic E-state index is -0.374. The first-order valence-electron chi connectivity index (χ1n) is 8.21. The average molecular weight is 329 g/mol. The van der Waals surface area contributed by atoms with E-state index in [1.165, 1.54) is 4.90 Å². The van der Waals surface area contributed by atoms with Crippen molar-refractivity contribution >= 4 is 11.8 Å². The standard InChI is InChI=1S/C22H19NO2/c1-17(18-11-5-2-6-12-18)23(21(24)19-13-7-3-8-14-19)22(25)20-15-9-4-10-16-20/h2-17H,1H3/t17-/m1/s1. The van der Waals surface area contributed by atoms with Crippen molar-refractivity contribution in [1.29, 1.82) is 0 Å². The number of benzene rings is 3. The first-order valence-corrected chi connectivity index (χ1v) is 8.21. The van der Waals surface area contributed by atoms with Crippen molar-refractivity contribution in [2.75, 3.05) is 0 Å². The van der Waals surface area contributed by atoms with Crippen LogP contribution < -0.4 is 0 Å². The van der Waals surface area contributed by atoms with Gasteiger partial charge in [-0.25, -0.2) is 0 Å². The molecule has 0 radical (unpaired) electrons. The maximum atomic E-state index is 13.1. The number of carbonyl (C=O) groups is 2. The van der Waals surface area contributed by atoms with Crippen molar-refractivity contribution in [3.8, 4) is 0 Å². The topological polar surface area (TPSA) is 37.4 Å². The molecule has 25 heavy (non-hydrogen) atoms. The molecule has 3 heteroatoms. The minimum Gasteiger partial charge on any atom is -0.269 e. The third-order valence-electron chi connectivity index (χ3n) is 4.15. The van der Waals surface area contributed by atoms with Gasteiger partial charge in [0.1, 0.15) is 0 Å². The monoisotopic (exact) mass is 329 g/mol. The van der Waals surface area contributed by atoms with Crippen LogP contribution in [0.25, 0.3) is 0 Å². The number of hydrogen-bond donors (Lipinski definition) is 0. The summed E-state index contributed by atoms with van der Waals surface area (Å²) in [6.45, 7) is 1.87. The van der Waals surface area contributed by atoms with Crippen LogP contribution in [-0.2, 0) is 0 Å². The molecule has 0 saturated heterocycles. The predicted molar refractivity (Wildman–Crippen MR) is 98.2 cm³/mol. The molecule has 124 valence electrons. The maximum absolute atomic E-state index is 13.1. The van der Waals surface area contributed by atoms with E-state index >= 15 is 0 Å². The zero-order valence-corrected chi connectivity index (χ0v) is 14.0. The SMILES string of the molecule is C[C@H](c1ccccc1)N(C(=O)c1ccccc1)C(=O)c1ccccc1. The number of amides is 2. The molecule has 2 amide bonds. The molecule has 0 aliphatic rings. The molecule has 0 fully saturated rings. The number of hydrogen-bond acceptors (Lipinski definition) is 2. The van der Waals surface area contributed by atoms with Gasteiger partial charge >= 0.3 is 0 Å². The molecule has 3 aromatic rings. The van der Waals surface area contributed by atoms with E-state index in [-0.39, 0.29) is 17.9 Å². The third-order valence-corrected chi connectivity index (χ3v) is 4.15. The second-order valence-electron chi connectivity index (χ2n) is 5.80. The molecule has 0 spiro atoms. The first-order chi connectivity index (χ1) is 12.2. The molecule has 0 aromatic heterocycles. The Hall–Kier alpha value is -3.20. The van der Waals surface area contributed by atoms with Crippen LogP contribution in [0.3, 0.4) is 0 Å². The van der Waals surface area contributed by atoms with Gasteiger partial charge in [0.15, 0.2) is 0 Å². The number of rotatable bonds is 4. The van der Waals surface area contributed by atoms with Crippen LogP contribution in [0.4, 0.5) is 0 Å². The molecule has 0 bridgehead atoms. The van der Waals surface area contributed by atoms with E-state index in [4.69, 9.17) is 0 Å². The second-order valence-corrected chi connectivity index (χ2v) is 5.80. The van der Waals surface area contributed by atoms with E-state index in [0.29, 0.717) is 11.1 Å². The van der Waals surface area contributed by atoms with Crippen molar-refractivity contribution in [3.63, 3.8) is 0 Å². The molecule has 0 N–H and O–H groups in total. The van der Waals surface area contributed by atoms with Gasteiger partial charge in [0.05, 0.1) is 6.04 Å². The Labute approximate surface area is 147 Å². The third kappa shape index (κ3) is 3.66. The van der Waals surface area contributed by atoms with Gasteiger partial charge < -0.3 is 0 Å². The van der Waals surface area contributed by atoms with Gasteiger partial charge in [0.25, 0.3) is 11.8 Å². The highest BCUT2D eigenvalue weighted by molar-refractivity contribution is 6.10. The van der Waals surface area contributed by atoms with Gasteiger partial charge in [-0.3, -0.25) is 14.5 Å². The molecule has 0 aliphatic carbocycles. The Balaban J connectivity index is 2.02. The minimum absolute atomic E-state index is 0.300. The highest BCUT2D eigenvalue weighted by atomic mass is 16.2. The summed E-state index contributed by atoms with van der Waals surface area (Å²) in [4.78, 5) is 27.5. The lowest BCUT2D eigenvalue weighted by atomic mass is 10.0. The molecular weight excluding hydrogens is 310 g/mol. The Bertz CT molecular complexity index is 793. The van der Waals surface area contributed by atoms with Crippen LogP contribution in [0.2, 0.25) is 0 Å². The number of imide groups is 1. The molecule has 1 atom stereocenters. The van der Waals surface area contributed by atoms with Gasteiger partial charge in [0, 0.05) is 11.1 Å².